The summed E-state index contributed by atoms with van der Waals surface area (Å²) in [6, 6.07) is 9.44. The van der Waals surface area contributed by atoms with Crippen LogP contribution in [0.15, 0.2) is 41.2 Å². The Labute approximate surface area is 116 Å². The number of aromatic nitrogens is 1. The molecule has 1 aliphatic rings. The third kappa shape index (κ3) is 2.27. The number of rotatable bonds is 3. The van der Waals surface area contributed by atoms with E-state index in [1.807, 2.05) is 6.07 Å². The van der Waals surface area contributed by atoms with Gasteiger partial charge in [-0.3, -0.25) is 4.79 Å². The van der Waals surface area contributed by atoms with Crippen molar-refractivity contribution in [3.8, 4) is 0 Å². The fourth-order valence-corrected chi connectivity index (χ4v) is 2.90. The lowest BCUT2D eigenvalue weighted by molar-refractivity contribution is 0.513. The van der Waals surface area contributed by atoms with E-state index in [9.17, 15) is 9.18 Å². The lowest BCUT2D eigenvalue weighted by Gasteiger charge is -2.17. The van der Waals surface area contributed by atoms with Gasteiger partial charge in [0.05, 0.1) is 6.04 Å². The van der Waals surface area contributed by atoms with E-state index in [2.05, 4.69) is 0 Å². The Morgan fingerprint density at radius 1 is 1.20 bits per heavy atom. The van der Waals surface area contributed by atoms with Gasteiger partial charge in [0.2, 0.25) is 0 Å². The average Bonchev–Trinajstić information content (AvgIpc) is 2.91. The zero-order chi connectivity index (χ0) is 14.1. The molecule has 1 unspecified atom stereocenters. The third-order valence-corrected chi connectivity index (χ3v) is 3.93. The monoisotopic (exact) mass is 272 g/mol. The molecule has 1 aromatic heterocycles. The molecule has 3 rings (SSSR count). The highest BCUT2D eigenvalue weighted by Crippen LogP contribution is 2.22. The largest absolute Gasteiger partial charge is 0.322 e. The van der Waals surface area contributed by atoms with E-state index in [0.717, 1.165) is 25.0 Å². The van der Waals surface area contributed by atoms with Crippen LogP contribution in [0.3, 0.4) is 0 Å². The van der Waals surface area contributed by atoms with Gasteiger partial charge in [-0.1, -0.05) is 24.3 Å². The molecule has 0 fully saturated rings. The van der Waals surface area contributed by atoms with Crippen LogP contribution in [0, 0.1) is 5.82 Å². The lowest BCUT2D eigenvalue weighted by Crippen LogP contribution is -2.29. The van der Waals surface area contributed by atoms with Gasteiger partial charge in [0, 0.05) is 23.9 Å². The number of nitrogens with two attached hydrogens (primary N) is 1. The second-order valence-electron chi connectivity index (χ2n) is 5.24. The van der Waals surface area contributed by atoms with Crippen molar-refractivity contribution in [3.63, 3.8) is 0 Å². The van der Waals surface area contributed by atoms with Crippen LogP contribution in [0.4, 0.5) is 4.39 Å². The average molecular weight is 272 g/mol. The van der Waals surface area contributed by atoms with Gasteiger partial charge in [-0.25, -0.2) is 4.39 Å². The van der Waals surface area contributed by atoms with Gasteiger partial charge in [-0.05, 0) is 30.9 Å². The predicted molar refractivity (Wildman–Crippen MR) is 76.1 cm³/mol. The summed E-state index contributed by atoms with van der Waals surface area (Å²) >= 11 is 0. The molecule has 2 aromatic rings. The minimum atomic E-state index is -0.513. The Kier molecular flexibility index (Phi) is 3.40. The maximum absolute atomic E-state index is 13.8. The SMILES string of the molecule is NC(Cn1c2c(ccc1=O)CCC2)c1ccccc1F. The molecule has 1 aliphatic carbocycles. The molecule has 0 spiro atoms. The maximum atomic E-state index is 13.8. The fraction of sp³-hybridized carbons (Fsp3) is 0.312. The topological polar surface area (TPSA) is 48.0 Å². The molecule has 0 saturated heterocycles. The first-order valence-corrected chi connectivity index (χ1v) is 6.88. The molecule has 1 aromatic carbocycles. The van der Waals surface area contributed by atoms with Crippen molar-refractivity contribution in [3.05, 3.63) is 69.4 Å². The predicted octanol–water partition coefficient (Wildman–Crippen LogP) is 2.18. The molecule has 1 heterocycles. The molecule has 1 atom stereocenters. The van der Waals surface area contributed by atoms with E-state index < -0.39 is 6.04 Å². The van der Waals surface area contributed by atoms with E-state index in [1.54, 1.807) is 28.8 Å². The molecule has 0 radical (unpaired) electrons. The van der Waals surface area contributed by atoms with Crippen LogP contribution in [-0.2, 0) is 19.4 Å². The highest BCUT2D eigenvalue weighted by atomic mass is 19.1. The van der Waals surface area contributed by atoms with E-state index in [-0.39, 0.29) is 11.4 Å². The Morgan fingerprint density at radius 2 is 2.00 bits per heavy atom. The van der Waals surface area contributed by atoms with Crippen LogP contribution < -0.4 is 11.3 Å². The van der Waals surface area contributed by atoms with Gasteiger partial charge in [0.1, 0.15) is 5.82 Å². The summed E-state index contributed by atoms with van der Waals surface area (Å²) < 4.78 is 15.5. The van der Waals surface area contributed by atoms with Crippen LogP contribution in [0.2, 0.25) is 0 Å². The second-order valence-corrected chi connectivity index (χ2v) is 5.24. The molecule has 0 aliphatic heterocycles. The number of hydrogen-bond donors (Lipinski definition) is 1. The highest BCUT2D eigenvalue weighted by molar-refractivity contribution is 5.27. The molecule has 3 nitrogen and oxygen atoms in total. The number of hydrogen-bond acceptors (Lipinski definition) is 2. The van der Waals surface area contributed by atoms with Crippen molar-refractivity contribution in [1.29, 1.82) is 0 Å². The van der Waals surface area contributed by atoms with Crippen molar-refractivity contribution in [2.24, 2.45) is 5.73 Å². The van der Waals surface area contributed by atoms with E-state index in [4.69, 9.17) is 5.73 Å². The first-order chi connectivity index (χ1) is 9.66. The number of pyridine rings is 1. The summed E-state index contributed by atoms with van der Waals surface area (Å²) in [5.74, 6) is -0.319. The van der Waals surface area contributed by atoms with Gasteiger partial charge >= 0.3 is 0 Å². The van der Waals surface area contributed by atoms with Gasteiger partial charge < -0.3 is 10.3 Å². The van der Waals surface area contributed by atoms with Crippen molar-refractivity contribution < 1.29 is 4.39 Å². The standard InChI is InChI=1S/C16H17FN2O/c17-13-6-2-1-5-12(13)14(18)10-19-15-7-3-4-11(15)8-9-16(19)20/h1-2,5-6,8-9,14H,3-4,7,10,18H2. The number of benzene rings is 1. The van der Waals surface area contributed by atoms with Crippen molar-refractivity contribution in [2.45, 2.75) is 31.8 Å². The van der Waals surface area contributed by atoms with Crippen molar-refractivity contribution >= 4 is 0 Å². The summed E-state index contributed by atoms with van der Waals surface area (Å²) in [6.07, 6.45) is 2.97. The molecule has 4 heteroatoms. The van der Waals surface area contributed by atoms with Crippen LogP contribution in [0.1, 0.15) is 29.3 Å². The number of nitrogens with zero attached hydrogens (tertiary/aromatic N) is 1. The second kappa shape index (κ2) is 5.21. The van der Waals surface area contributed by atoms with Gasteiger partial charge in [-0.2, -0.15) is 0 Å². The number of aryl methyl sites for hydroxylation is 1. The van der Waals surface area contributed by atoms with E-state index in [0.29, 0.717) is 12.1 Å². The summed E-state index contributed by atoms with van der Waals surface area (Å²) in [6.45, 7) is 0.322. The summed E-state index contributed by atoms with van der Waals surface area (Å²) in [7, 11) is 0. The van der Waals surface area contributed by atoms with E-state index in [1.165, 1.54) is 11.6 Å². The van der Waals surface area contributed by atoms with Crippen LogP contribution in [0.5, 0.6) is 0 Å². The normalized spacial score (nSPS) is 15.1. The quantitative estimate of drug-likeness (QED) is 0.931. The molecule has 0 bridgehead atoms. The Bertz CT molecular complexity index is 693. The van der Waals surface area contributed by atoms with Gasteiger partial charge in [0.25, 0.3) is 5.56 Å². The lowest BCUT2D eigenvalue weighted by atomic mass is 10.1. The van der Waals surface area contributed by atoms with Crippen molar-refractivity contribution in [1.82, 2.24) is 4.57 Å². The Hall–Kier alpha value is -1.94. The smallest absolute Gasteiger partial charge is 0.250 e. The molecule has 0 saturated carbocycles. The third-order valence-electron chi connectivity index (χ3n) is 3.93. The summed E-state index contributed by atoms with van der Waals surface area (Å²) in [4.78, 5) is 12.0. The maximum Gasteiger partial charge on any atom is 0.250 e. The molecular weight excluding hydrogens is 255 g/mol. The zero-order valence-electron chi connectivity index (χ0n) is 11.2. The molecule has 0 amide bonds. The molecule has 20 heavy (non-hydrogen) atoms. The number of halogens is 1. The summed E-state index contributed by atoms with van der Waals surface area (Å²) in [5.41, 5.74) is 8.76. The van der Waals surface area contributed by atoms with Gasteiger partial charge in [-0.15, -0.1) is 0 Å². The zero-order valence-corrected chi connectivity index (χ0v) is 11.2. The number of fused-ring (bicyclic) bond motifs is 1. The Balaban J connectivity index is 1.95. The molecular formula is C16H17FN2O. The Morgan fingerprint density at radius 3 is 2.80 bits per heavy atom. The van der Waals surface area contributed by atoms with Crippen LogP contribution >= 0.6 is 0 Å². The molecule has 2 N–H and O–H groups in total. The van der Waals surface area contributed by atoms with Crippen LogP contribution in [-0.4, -0.2) is 4.57 Å². The highest BCUT2D eigenvalue weighted by Gasteiger charge is 2.18. The summed E-state index contributed by atoms with van der Waals surface area (Å²) in [5, 5.41) is 0. The van der Waals surface area contributed by atoms with Crippen LogP contribution in [0.25, 0.3) is 0 Å². The molecule has 104 valence electrons. The first kappa shape index (κ1) is 13.1. The minimum absolute atomic E-state index is 0.0579. The fourth-order valence-electron chi connectivity index (χ4n) is 2.90. The van der Waals surface area contributed by atoms with Crippen molar-refractivity contribution in [2.75, 3.05) is 0 Å². The van der Waals surface area contributed by atoms with E-state index >= 15 is 0 Å². The minimum Gasteiger partial charge on any atom is -0.322 e. The van der Waals surface area contributed by atoms with Gasteiger partial charge in [0.15, 0.2) is 0 Å². The first-order valence-electron chi connectivity index (χ1n) is 6.88.